The number of amides is 1. The van der Waals surface area contributed by atoms with Crippen molar-refractivity contribution in [2.45, 2.75) is 45.1 Å². The molecular weight excluding hydrogens is 252 g/mol. The Hall–Kier alpha value is -1.36. The van der Waals surface area contributed by atoms with E-state index < -0.39 is 0 Å². The number of carbonyl (C=O) groups is 1. The molecule has 5 nitrogen and oxygen atoms in total. The van der Waals surface area contributed by atoms with Gasteiger partial charge in [-0.25, -0.2) is 4.98 Å². The second-order valence-corrected chi connectivity index (χ2v) is 6.17. The summed E-state index contributed by atoms with van der Waals surface area (Å²) in [6, 6.07) is 0.645. The van der Waals surface area contributed by atoms with Crippen molar-refractivity contribution >= 4 is 5.91 Å². The number of hydrogen-bond acceptors (Lipinski definition) is 3. The van der Waals surface area contributed by atoms with Gasteiger partial charge in [-0.15, -0.1) is 0 Å². The van der Waals surface area contributed by atoms with Crippen molar-refractivity contribution in [3.63, 3.8) is 0 Å². The largest absolute Gasteiger partial charge is 0.346 e. The number of carbonyl (C=O) groups excluding carboxylic acids is 1. The molecule has 2 saturated heterocycles. The summed E-state index contributed by atoms with van der Waals surface area (Å²) in [5.41, 5.74) is 1.15. The molecule has 2 fully saturated rings. The van der Waals surface area contributed by atoms with Gasteiger partial charge in [0.25, 0.3) is 0 Å². The summed E-state index contributed by atoms with van der Waals surface area (Å²) in [6.07, 6.45) is 5.34. The van der Waals surface area contributed by atoms with Crippen LogP contribution in [0.15, 0.2) is 6.20 Å². The molecule has 110 valence electrons. The van der Waals surface area contributed by atoms with Gasteiger partial charge in [0.1, 0.15) is 5.82 Å². The minimum absolute atomic E-state index is 0.216. The average molecular weight is 276 g/mol. The number of piperidine rings is 1. The Kier molecular flexibility index (Phi) is 3.78. The lowest BCUT2D eigenvalue weighted by Gasteiger charge is -2.36. The number of rotatable bonds is 2. The summed E-state index contributed by atoms with van der Waals surface area (Å²) >= 11 is 0. The zero-order chi connectivity index (χ0) is 14.1. The highest BCUT2D eigenvalue weighted by atomic mass is 16.2. The predicted octanol–water partition coefficient (Wildman–Crippen LogP) is 1.52. The highest BCUT2D eigenvalue weighted by Crippen LogP contribution is 2.29. The Morgan fingerprint density at radius 1 is 1.30 bits per heavy atom. The summed E-state index contributed by atoms with van der Waals surface area (Å²) in [5, 5.41) is 0. The Morgan fingerprint density at radius 3 is 2.65 bits per heavy atom. The van der Waals surface area contributed by atoms with Crippen molar-refractivity contribution in [2.24, 2.45) is 0 Å². The third-order valence-corrected chi connectivity index (χ3v) is 4.76. The lowest BCUT2D eigenvalue weighted by Crippen LogP contribution is -2.45. The first kappa shape index (κ1) is 13.6. The molecule has 1 aromatic rings. The van der Waals surface area contributed by atoms with E-state index in [0.717, 1.165) is 50.5 Å². The smallest absolute Gasteiger partial charge is 0.219 e. The molecule has 2 aliphatic heterocycles. The normalized spacial score (nSPS) is 25.3. The molecular formula is C15H24N4O. The quantitative estimate of drug-likeness (QED) is 0.891. The number of likely N-dealkylation sites (tertiary alicyclic amines) is 2. The average Bonchev–Trinajstić information content (AvgIpc) is 3.07. The minimum Gasteiger partial charge on any atom is -0.346 e. The van der Waals surface area contributed by atoms with Crippen LogP contribution < -0.4 is 0 Å². The fraction of sp³-hybridized carbons (Fsp3) is 0.733. The fourth-order valence-corrected chi connectivity index (χ4v) is 3.53. The van der Waals surface area contributed by atoms with Crippen LogP contribution in [0.2, 0.25) is 0 Å². The van der Waals surface area contributed by atoms with Crippen molar-refractivity contribution in [3.8, 4) is 0 Å². The Bertz CT molecular complexity index is 476. The zero-order valence-electron chi connectivity index (χ0n) is 12.4. The SMILES string of the molecule is CC(=O)N1CCC(N2CCC(c3ncc(C)[nH]3)C2)CC1. The van der Waals surface area contributed by atoms with E-state index in [4.69, 9.17) is 0 Å². The highest BCUT2D eigenvalue weighted by molar-refractivity contribution is 5.73. The van der Waals surface area contributed by atoms with Crippen molar-refractivity contribution < 1.29 is 4.79 Å². The summed E-state index contributed by atoms with van der Waals surface area (Å²) in [7, 11) is 0. The Balaban J connectivity index is 1.54. The van der Waals surface area contributed by atoms with E-state index >= 15 is 0 Å². The van der Waals surface area contributed by atoms with Gasteiger partial charge >= 0.3 is 0 Å². The molecule has 1 N–H and O–H groups in total. The van der Waals surface area contributed by atoms with Gasteiger partial charge in [0, 0.05) is 50.4 Å². The number of imidazole rings is 1. The molecule has 3 heterocycles. The van der Waals surface area contributed by atoms with Crippen LogP contribution in [-0.4, -0.2) is 57.9 Å². The third-order valence-electron chi connectivity index (χ3n) is 4.76. The minimum atomic E-state index is 0.216. The van der Waals surface area contributed by atoms with E-state index in [2.05, 4.69) is 21.8 Å². The molecule has 0 bridgehead atoms. The number of aromatic amines is 1. The van der Waals surface area contributed by atoms with E-state index in [0.29, 0.717) is 12.0 Å². The molecule has 0 saturated carbocycles. The van der Waals surface area contributed by atoms with Crippen molar-refractivity contribution in [1.29, 1.82) is 0 Å². The monoisotopic (exact) mass is 276 g/mol. The standard InChI is InChI=1S/C15H24N4O/c1-11-9-16-15(17-11)13-3-6-19(10-13)14-4-7-18(8-5-14)12(2)20/h9,13-14H,3-8,10H2,1-2H3,(H,16,17). The molecule has 0 radical (unpaired) electrons. The maximum Gasteiger partial charge on any atom is 0.219 e. The molecule has 0 aliphatic carbocycles. The van der Waals surface area contributed by atoms with Gasteiger partial charge in [-0.05, 0) is 32.7 Å². The van der Waals surface area contributed by atoms with E-state index in [-0.39, 0.29) is 5.91 Å². The molecule has 1 unspecified atom stereocenters. The van der Waals surface area contributed by atoms with Gasteiger partial charge in [-0.1, -0.05) is 0 Å². The molecule has 5 heteroatoms. The van der Waals surface area contributed by atoms with Gasteiger partial charge in [0.2, 0.25) is 5.91 Å². The zero-order valence-corrected chi connectivity index (χ0v) is 12.4. The van der Waals surface area contributed by atoms with Gasteiger partial charge in [-0.3, -0.25) is 9.69 Å². The van der Waals surface area contributed by atoms with E-state index in [1.807, 2.05) is 11.1 Å². The molecule has 1 aromatic heterocycles. The van der Waals surface area contributed by atoms with Gasteiger partial charge in [-0.2, -0.15) is 0 Å². The number of aromatic nitrogens is 2. The molecule has 3 rings (SSSR count). The number of nitrogens with zero attached hydrogens (tertiary/aromatic N) is 3. The second kappa shape index (κ2) is 5.56. The van der Waals surface area contributed by atoms with Crippen LogP contribution in [-0.2, 0) is 4.79 Å². The summed E-state index contributed by atoms with van der Waals surface area (Å²) in [6.45, 7) is 7.83. The van der Waals surface area contributed by atoms with Crippen LogP contribution in [0.5, 0.6) is 0 Å². The maximum absolute atomic E-state index is 11.4. The molecule has 1 atom stereocenters. The third kappa shape index (κ3) is 2.73. The van der Waals surface area contributed by atoms with Crippen molar-refractivity contribution in [1.82, 2.24) is 19.8 Å². The van der Waals surface area contributed by atoms with E-state index in [1.54, 1.807) is 6.92 Å². The van der Waals surface area contributed by atoms with Crippen LogP contribution in [0.25, 0.3) is 0 Å². The highest BCUT2D eigenvalue weighted by Gasteiger charge is 2.32. The van der Waals surface area contributed by atoms with E-state index in [9.17, 15) is 4.79 Å². The molecule has 1 amide bonds. The summed E-state index contributed by atoms with van der Waals surface area (Å²) < 4.78 is 0. The van der Waals surface area contributed by atoms with Crippen LogP contribution >= 0.6 is 0 Å². The summed E-state index contributed by atoms with van der Waals surface area (Å²) in [4.78, 5) is 23.8. The maximum atomic E-state index is 11.4. The van der Waals surface area contributed by atoms with Crippen LogP contribution in [0.1, 0.15) is 43.6 Å². The number of H-pyrrole nitrogens is 1. The van der Waals surface area contributed by atoms with Gasteiger partial charge < -0.3 is 9.88 Å². The fourth-order valence-electron chi connectivity index (χ4n) is 3.53. The second-order valence-electron chi connectivity index (χ2n) is 6.17. The topological polar surface area (TPSA) is 52.2 Å². The molecule has 0 spiro atoms. The molecule has 20 heavy (non-hydrogen) atoms. The Morgan fingerprint density at radius 2 is 2.05 bits per heavy atom. The van der Waals surface area contributed by atoms with Gasteiger partial charge in [0.05, 0.1) is 0 Å². The number of hydrogen-bond donors (Lipinski definition) is 1. The number of aryl methyl sites for hydroxylation is 1. The van der Waals surface area contributed by atoms with Gasteiger partial charge in [0.15, 0.2) is 0 Å². The summed E-state index contributed by atoms with van der Waals surface area (Å²) in [5.74, 6) is 1.91. The molecule has 0 aromatic carbocycles. The molecule has 2 aliphatic rings. The Labute approximate surface area is 120 Å². The van der Waals surface area contributed by atoms with E-state index in [1.165, 1.54) is 6.42 Å². The lowest BCUT2D eigenvalue weighted by atomic mass is 10.0. The predicted molar refractivity (Wildman–Crippen MR) is 77.5 cm³/mol. The van der Waals surface area contributed by atoms with Crippen LogP contribution in [0.4, 0.5) is 0 Å². The van der Waals surface area contributed by atoms with Crippen LogP contribution in [0, 0.1) is 6.92 Å². The first-order chi connectivity index (χ1) is 9.63. The van der Waals surface area contributed by atoms with Crippen molar-refractivity contribution in [3.05, 3.63) is 17.7 Å². The lowest BCUT2D eigenvalue weighted by molar-refractivity contribution is -0.130. The first-order valence-electron chi connectivity index (χ1n) is 7.64. The first-order valence-corrected chi connectivity index (χ1v) is 7.64. The number of nitrogens with one attached hydrogen (secondary N) is 1. The van der Waals surface area contributed by atoms with Crippen LogP contribution in [0.3, 0.4) is 0 Å². The van der Waals surface area contributed by atoms with Crippen molar-refractivity contribution in [2.75, 3.05) is 26.2 Å².